The highest BCUT2D eigenvalue weighted by atomic mass is 19.1. The van der Waals surface area contributed by atoms with Gasteiger partial charge in [-0.1, -0.05) is 36.4 Å². The Morgan fingerprint density at radius 2 is 1.86 bits per heavy atom. The van der Waals surface area contributed by atoms with Crippen LogP contribution in [0.5, 0.6) is 0 Å². The van der Waals surface area contributed by atoms with Crippen LogP contribution >= 0.6 is 0 Å². The molecule has 1 fully saturated rings. The van der Waals surface area contributed by atoms with Crippen LogP contribution in [0.25, 0.3) is 0 Å². The molecule has 148 valence electrons. The molecule has 1 aliphatic heterocycles. The highest BCUT2D eigenvalue weighted by Crippen LogP contribution is 2.27. The van der Waals surface area contributed by atoms with Crippen molar-refractivity contribution >= 4 is 17.5 Å². The van der Waals surface area contributed by atoms with Crippen LogP contribution in [-0.2, 0) is 22.7 Å². The molecule has 7 heteroatoms. The summed E-state index contributed by atoms with van der Waals surface area (Å²) in [5.74, 6) is -1.38. The number of nitrogens with one attached hydrogen (secondary N) is 1. The topological polar surface area (TPSA) is 67.2 Å². The first-order valence-corrected chi connectivity index (χ1v) is 9.48. The van der Waals surface area contributed by atoms with Gasteiger partial charge in [0.25, 0.3) is 0 Å². The molecule has 0 aliphatic carbocycles. The Labute approximate surface area is 167 Å². The Kier molecular flexibility index (Phi) is 5.37. The number of carbonyl (C=O) groups excluding carboxylic acids is 2. The molecule has 0 unspecified atom stereocenters. The summed E-state index contributed by atoms with van der Waals surface area (Å²) >= 11 is 0. The molecule has 0 spiro atoms. The summed E-state index contributed by atoms with van der Waals surface area (Å²) in [6, 6.07) is 15.9. The van der Waals surface area contributed by atoms with Crippen LogP contribution in [0, 0.1) is 11.7 Å². The molecule has 4 rings (SSSR count). The van der Waals surface area contributed by atoms with Crippen LogP contribution in [0.15, 0.2) is 67.0 Å². The molecule has 0 bridgehead atoms. The Morgan fingerprint density at radius 3 is 2.59 bits per heavy atom. The number of aromatic nitrogens is 2. The Morgan fingerprint density at radius 1 is 1.10 bits per heavy atom. The van der Waals surface area contributed by atoms with Gasteiger partial charge >= 0.3 is 0 Å². The number of carbonyl (C=O) groups is 2. The van der Waals surface area contributed by atoms with Gasteiger partial charge in [0.1, 0.15) is 5.82 Å². The van der Waals surface area contributed by atoms with Crippen molar-refractivity contribution in [3.8, 4) is 0 Å². The Hall–Kier alpha value is -3.48. The fourth-order valence-corrected chi connectivity index (χ4v) is 3.46. The van der Waals surface area contributed by atoms with Gasteiger partial charge in [0.05, 0.1) is 18.2 Å². The van der Waals surface area contributed by atoms with E-state index in [0.29, 0.717) is 13.1 Å². The SMILES string of the molecule is O=C(NCc1ccc(Cn2cccn2)cc1)[C@H]1CC(=O)N(c2ccccc2F)C1. The molecule has 0 saturated carbocycles. The van der Waals surface area contributed by atoms with Gasteiger partial charge < -0.3 is 10.2 Å². The van der Waals surface area contributed by atoms with Crippen LogP contribution in [0.2, 0.25) is 0 Å². The fourth-order valence-electron chi connectivity index (χ4n) is 3.46. The van der Waals surface area contributed by atoms with E-state index in [1.165, 1.54) is 11.0 Å². The largest absolute Gasteiger partial charge is 0.352 e. The van der Waals surface area contributed by atoms with Gasteiger partial charge in [-0.2, -0.15) is 5.10 Å². The first-order valence-electron chi connectivity index (χ1n) is 9.48. The fraction of sp³-hybridized carbons (Fsp3) is 0.227. The molecule has 1 aromatic heterocycles. The predicted octanol–water partition coefficient (Wildman–Crippen LogP) is 2.74. The zero-order chi connectivity index (χ0) is 20.2. The number of rotatable bonds is 6. The van der Waals surface area contributed by atoms with Gasteiger partial charge in [-0.3, -0.25) is 14.3 Å². The van der Waals surface area contributed by atoms with Crippen LogP contribution in [0.3, 0.4) is 0 Å². The van der Waals surface area contributed by atoms with E-state index in [0.717, 1.165) is 11.1 Å². The summed E-state index contributed by atoms with van der Waals surface area (Å²) in [5, 5.41) is 7.07. The van der Waals surface area contributed by atoms with Crippen molar-refractivity contribution in [2.24, 2.45) is 5.92 Å². The van der Waals surface area contributed by atoms with Gasteiger partial charge in [-0.25, -0.2) is 4.39 Å². The van der Waals surface area contributed by atoms with E-state index in [9.17, 15) is 14.0 Å². The van der Waals surface area contributed by atoms with E-state index in [2.05, 4.69) is 10.4 Å². The molecule has 1 aliphatic rings. The number of hydrogen-bond donors (Lipinski definition) is 1. The Balaban J connectivity index is 1.32. The lowest BCUT2D eigenvalue weighted by Gasteiger charge is -2.17. The standard InChI is InChI=1S/C22H21FN4O2/c23-19-4-1-2-5-20(19)27-15-18(12-21(27)28)22(29)24-13-16-6-8-17(9-7-16)14-26-11-3-10-25-26/h1-11,18H,12-15H2,(H,24,29)/t18-/m0/s1. The number of amides is 2. The highest BCUT2D eigenvalue weighted by Gasteiger charge is 2.35. The molecule has 6 nitrogen and oxygen atoms in total. The van der Waals surface area contributed by atoms with Gasteiger partial charge in [0, 0.05) is 31.9 Å². The van der Waals surface area contributed by atoms with E-state index >= 15 is 0 Å². The number of anilines is 1. The third-order valence-corrected chi connectivity index (χ3v) is 5.03. The monoisotopic (exact) mass is 392 g/mol. The molecular weight excluding hydrogens is 371 g/mol. The third-order valence-electron chi connectivity index (χ3n) is 5.03. The zero-order valence-corrected chi connectivity index (χ0v) is 15.8. The minimum Gasteiger partial charge on any atom is -0.352 e. The smallest absolute Gasteiger partial charge is 0.227 e. The second-order valence-corrected chi connectivity index (χ2v) is 7.09. The average Bonchev–Trinajstić information content (AvgIpc) is 3.37. The zero-order valence-electron chi connectivity index (χ0n) is 15.8. The molecule has 2 heterocycles. The molecule has 29 heavy (non-hydrogen) atoms. The number of halogens is 1. The molecular formula is C22H21FN4O2. The summed E-state index contributed by atoms with van der Waals surface area (Å²) in [5.41, 5.74) is 2.31. The number of nitrogens with zero attached hydrogens (tertiary/aromatic N) is 3. The summed E-state index contributed by atoms with van der Waals surface area (Å²) in [7, 11) is 0. The van der Waals surface area contributed by atoms with Crippen LogP contribution < -0.4 is 10.2 Å². The summed E-state index contributed by atoms with van der Waals surface area (Å²) < 4.78 is 15.8. The van der Waals surface area contributed by atoms with E-state index in [1.54, 1.807) is 24.4 Å². The summed E-state index contributed by atoms with van der Waals surface area (Å²) in [6.07, 6.45) is 3.73. The predicted molar refractivity (Wildman–Crippen MR) is 106 cm³/mol. The molecule has 2 aromatic carbocycles. The maximum Gasteiger partial charge on any atom is 0.227 e. The van der Waals surface area contributed by atoms with Gasteiger partial charge in [0.15, 0.2) is 0 Å². The van der Waals surface area contributed by atoms with Crippen molar-refractivity contribution < 1.29 is 14.0 Å². The normalized spacial score (nSPS) is 16.2. The van der Waals surface area contributed by atoms with Crippen molar-refractivity contribution in [2.75, 3.05) is 11.4 Å². The van der Waals surface area contributed by atoms with E-state index < -0.39 is 11.7 Å². The minimum absolute atomic E-state index is 0.0863. The third kappa shape index (κ3) is 4.34. The molecule has 1 atom stereocenters. The lowest BCUT2D eigenvalue weighted by atomic mass is 10.1. The molecule has 1 saturated heterocycles. The number of para-hydroxylation sites is 1. The molecule has 1 N–H and O–H groups in total. The van der Waals surface area contributed by atoms with Crippen LogP contribution in [-0.4, -0.2) is 28.1 Å². The van der Waals surface area contributed by atoms with Crippen molar-refractivity contribution in [1.29, 1.82) is 0 Å². The second-order valence-electron chi connectivity index (χ2n) is 7.09. The lowest BCUT2D eigenvalue weighted by Crippen LogP contribution is -2.32. The van der Waals surface area contributed by atoms with Crippen molar-refractivity contribution in [1.82, 2.24) is 15.1 Å². The first kappa shape index (κ1) is 18.9. The quantitative estimate of drug-likeness (QED) is 0.701. The van der Waals surface area contributed by atoms with E-state index in [1.807, 2.05) is 41.2 Å². The molecule has 3 aromatic rings. The van der Waals surface area contributed by atoms with Gasteiger partial charge in [-0.05, 0) is 29.3 Å². The van der Waals surface area contributed by atoms with Gasteiger partial charge in [0.2, 0.25) is 11.8 Å². The maximum atomic E-state index is 14.0. The van der Waals surface area contributed by atoms with Gasteiger partial charge in [-0.15, -0.1) is 0 Å². The minimum atomic E-state index is -0.485. The summed E-state index contributed by atoms with van der Waals surface area (Å²) in [4.78, 5) is 26.1. The average molecular weight is 392 g/mol. The van der Waals surface area contributed by atoms with Crippen molar-refractivity contribution in [3.05, 3.63) is 83.9 Å². The van der Waals surface area contributed by atoms with E-state index in [4.69, 9.17) is 0 Å². The number of hydrogen-bond acceptors (Lipinski definition) is 3. The first-order chi connectivity index (χ1) is 14.1. The van der Waals surface area contributed by atoms with E-state index in [-0.39, 0.29) is 30.5 Å². The maximum absolute atomic E-state index is 14.0. The van der Waals surface area contributed by atoms with Crippen LogP contribution in [0.1, 0.15) is 17.5 Å². The lowest BCUT2D eigenvalue weighted by molar-refractivity contribution is -0.126. The van der Waals surface area contributed by atoms with Crippen LogP contribution in [0.4, 0.5) is 10.1 Å². The molecule has 2 amide bonds. The highest BCUT2D eigenvalue weighted by molar-refractivity contribution is 6.00. The number of benzene rings is 2. The molecule has 0 radical (unpaired) electrons. The van der Waals surface area contributed by atoms with Crippen molar-refractivity contribution in [2.45, 2.75) is 19.5 Å². The second kappa shape index (κ2) is 8.26. The van der Waals surface area contributed by atoms with Crippen molar-refractivity contribution in [3.63, 3.8) is 0 Å². The Bertz CT molecular complexity index is 1000. The summed E-state index contributed by atoms with van der Waals surface area (Å²) in [6.45, 7) is 1.26.